The molecule has 1 rings (SSSR count). The van der Waals surface area contributed by atoms with Crippen LogP contribution in [0.4, 0.5) is 9.18 Å². The molecular weight excluding hydrogens is 337 g/mol. The molecule has 1 amide bonds. The number of rotatable bonds is 5. The summed E-state index contributed by atoms with van der Waals surface area (Å²) in [5, 5.41) is 2.43. The summed E-state index contributed by atoms with van der Waals surface area (Å²) >= 11 is 5.75. The Kier molecular flexibility index (Phi) is 7.02. The van der Waals surface area contributed by atoms with E-state index in [4.69, 9.17) is 21.1 Å². The molecule has 1 unspecified atom stereocenters. The van der Waals surface area contributed by atoms with Gasteiger partial charge in [-0.05, 0) is 52.3 Å². The second kappa shape index (κ2) is 8.33. The number of nitrogens with one attached hydrogen (secondary N) is 1. The van der Waals surface area contributed by atoms with Crippen LogP contribution in [0.15, 0.2) is 18.2 Å². The summed E-state index contributed by atoms with van der Waals surface area (Å²) in [4.78, 5) is 24.2. The molecule has 0 saturated heterocycles. The van der Waals surface area contributed by atoms with Crippen molar-refractivity contribution in [2.45, 2.75) is 58.8 Å². The predicted octanol–water partition coefficient (Wildman–Crippen LogP) is 3.87. The summed E-state index contributed by atoms with van der Waals surface area (Å²) < 4.78 is 23.6. The number of carbonyl (C=O) groups is 2. The topological polar surface area (TPSA) is 64.6 Å². The minimum atomic E-state index is -0.969. The monoisotopic (exact) mass is 359 g/mol. The van der Waals surface area contributed by atoms with Gasteiger partial charge >= 0.3 is 12.1 Å². The Balaban J connectivity index is 2.90. The lowest BCUT2D eigenvalue weighted by Crippen LogP contribution is -2.46. The van der Waals surface area contributed by atoms with Crippen molar-refractivity contribution in [1.82, 2.24) is 5.32 Å². The second-order valence-corrected chi connectivity index (χ2v) is 7.04. The standard InChI is InChI=1S/C17H23ClFNO4/c1-10(2)23-15(21)14(20-16(22)24-17(3,4)5)9-11-6-7-13(19)12(18)8-11/h6-8,10,14H,9H2,1-5H3,(H,20,22). The lowest BCUT2D eigenvalue weighted by Gasteiger charge is -2.23. The quantitative estimate of drug-likeness (QED) is 0.810. The number of benzene rings is 1. The minimum absolute atomic E-state index is 0.0549. The summed E-state index contributed by atoms with van der Waals surface area (Å²) in [5.41, 5.74) is -0.112. The molecule has 0 fully saturated rings. The van der Waals surface area contributed by atoms with Gasteiger partial charge in [0.25, 0.3) is 0 Å². The van der Waals surface area contributed by atoms with Crippen molar-refractivity contribution in [3.8, 4) is 0 Å². The highest BCUT2D eigenvalue weighted by molar-refractivity contribution is 6.30. The van der Waals surface area contributed by atoms with Crippen LogP contribution in [-0.2, 0) is 20.7 Å². The van der Waals surface area contributed by atoms with Gasteiger partial charge in [-0.3, -0.25) is 0 Å². The summed E-state index contributed by atoms with van der Waals surface area (Å²) in [6.07, 6.45) is -0.969. The van der Waals surface area contributed by atoms with E-state index >= 15 is 0 Å². The molecule has 1 atom stereocenters. The fraction of sp³-hybridized carbons (Fsp3) is 0.529. The van der Waals surface area contributed by atoms with Crippen molar-refractivity contribution in [2.24, 2.45) is 0 Å². The van der Waals surface area contributed by atoms with E-state index in [9.17, 15) is 14.0 Å². The molecule has 1 aromatic carbocycles. The number of alkyl carbamates (subject to hydrolysis) is 1. The van der Waals surface area contributed by atoms with Gasteiger partial charge in [0.05, 0.1) is 11.1 Å². The number of ether oxygens (including phenoxy) is 2. The first kappa shape index (κ1) is 20.2. The Hall–Kier alpha value is -1.82. The molecule has 0 spiro atoms. The number of hydrogen-bond acceptors (Lipinski definition) is 4. The minimum Gasteiger partial charge on any atom is -0.461 e. The number of amides is 1. The van der Waals surface area contributed by atoms with E-state index in [-0.39, 0.29) is 17.5 Å². The van der Waals surface area contributed by atoms with Crippen molar-refractivity contribution < 1.29 is 23.5 Å². The van der Waals surface area contributed by atoms with E-state index in [1.165, 1.54) is 18.2 Å². The molecule has 134 valence electrons. The van der Waals surface area contributed by atoms with Gasteiger partial charge in [0, 0.05) is 6.42 Å². The van der Waals surface area contributed by atoms with E-state index in [1.807, 2.05) is 0 Å². The molecule has 0 heterocycles. The highest BCUT2D eigenvalue weighted by Gasteiger charge is 2.26. The summed E-state index contributed by atoms with van der Waals surface area (Å²) in [7, 11) is 0. The van der Waals surface area contributed by atoms with Crippen molar-refractivity contribution in [1.29, 1.82) is 0 Å². The molecule has 0 bridgehead atoms. The Labute approximate surface area is 146 Å². The van der Waals surface area contributed by atoms with Gasteiger partial charge in [0.1, 0.15) is 17.5 Å². The first-order valence-electron chi connectivity index (χ1n) is 7.62. The molecule has 0 radical (unpaired) electrons. The van der Waals surface area contributed by atoms with Gasteiger partial charge in [0.2, 0.25) is 0 Å². The molecule has 0 aliphatic carbocycles. The number of esters is 1. The van der Waals surface area contributed by atoms with Gasteiger partial charge in [0.15, 0.2) is 0 Å². The normalized spacial score (nSPS) is 12.7. The van der Waals surface area contributed by atoms with Gasteiger partial charge < -0.3 is 14.8 Å². The maximum absolute atomic E-state index is 13.2. The molecule has 0 aliphatic heterocycles. The van der Waals surface area contributed by atoms with Crippen molar-refractivity contribution in [2.75, 3.05) is 0 Å². The van der Waals surface area contributed by atoms with Gasteiger partial charge in [-0.25, -0.2) is 14.0 Å². The Morgan fingerprint density at radius 2 is 1.92 bits per heavy atom. The molecule has 1 N–H and O–H groups in total. The SMILES string of the molecule is CC(C)OC(=O)C(Cc1ccc(F)c(Cl)c1)NC(=O)OC(C)(C)C. The summed E-state index contributed by atoms with van der Waals surface area (Å²) in [6, 6.07) is 3.14. The first-order chi connectivity index (χ1) is 11.0. The third kappa shape index (κ3) is 7.17. The average Bonchev–Trinajstić information content (AvgIpc) is 2.39. The molecule has 0 saturated carbocycles. The highest BCUT2D eigenvalue weighted by atomic mass is 35.5. The lowest BCUT2D eigenvalue weighted by molar-refractivity contribution is -0.149. The fourth-order valence-electron chi connectivity index (χ4n) is 1.86. The molecule has 0 aliphatic rings. The molecule has 1 aromatic rings. The Morgan fingerprint density at radius 1 is 1.29 bits per heavy atom. The van der Waals surface area contributed by atoms with Crippen LogP contribution >= 0.6 is 11.6 Å². The van der Waals surface area contributed by atoms with E-state index in [2.05, 4.69) is 5.32 Å². The highest BCUT2D eigenvalue weighted by Crippen LogP contribution is 2.18. The zero-order chi connectivity index (χ0) is 18.5. The third-order valence-corrected chi connectivity index (χ3v) is 3.04. The van der Waals surface area contributed by atoms with Crippen LogP contribution in [0.25, 0.3) is 0 Å². The number of hydrogen-bond donors (Lipinski definition) is 1. The molecule has 24 heavy (non-hydrogen) atoms. The molecule has 5 nitrogen and oxygen atoms in total. The van der Waals surface area contributed by atoms with Crippen molar-refractivity contribution >= 4 is 23.7 Å². The van der Waals surface area contributed by atoms with Crippen LogP contribution in [0, 0.1) is 5.82 Å². The van der Waals surface area contributed by atoms with Crippen molar-refractivity contribution in [3.63, 3.8) is 0 Å². The predicted molar refractivity (Wildman–Crippen MR) is 89.5 cm³/mol. The summed E-state index contributed by atoms with van der Waals surface area (Å²) in [5.74, 6) is -1.15. The molecule has 7 heteroatoms. The third-order valence-electron chi connectivity index (χ3n) is 2.75. The van der Waals surface area contributed by atoms with E-state index in [1.54, 1.807) is 34.6 Å². The van der Waals surface area contributed by atoms with E-state index < -0.39 is 29.5 Å². The molecule has 0 aromatic heterocycles. The van der Waals surface area contributed by atoms with Crippen LogP contribution < -0.4 is 5.32 Å². The zero-order valence-electron chi connectivity index (χ0n) is 14.5. The van der Waals surface area contributed by atoms with Crippen LogP contribution in [-0.4, -0.2) is 29.8 Å². The maximum Gasteiger partial charge on any atom is 0.408 e. The van der Waals surface area contributed by atoms with Crippen LogP contribution in [0.2, 0.25) is 5.02 Å². The fourth-order valence-corrected chi connectivity index (χ4v) is 2.06. The first-order valence-corrected chi connectivity index (χ1v) is 7.99. The van der Waals surface area contributed by atoms with E-state index in [0.717, 1.165) is 0 Å². The Morgan fingerprint density at radius 3 is 2.42 bits per heavy atom. The van der Waals surface area contributed by atoms with Crippen LogP contribution in [0.1, 0.15) is 40.2 Å². The van der Waals surface area contributed by atoms with Crippen molar-refractivity contribution in [3.05, 3.63) is 34.6 Å². The van der Waals surface area contributed by atoms with Gasteiger partial charge in [-0.1, -0.05) is 17.7 Å². The second-order valence-electron chi connectivity index (χ2n) is 6.64. The molecular formula is C17H23ClFNO4. The largest absolute Gasteiger partial charge is 0.461 e. The summed E-state index contributed by atoms with van der Waals surface area (Å²) in [6.45, 7) is 8.56. The van der Waals surface area contributed by atoms with Crippen LogP contribution in [0.3, 0.4) is 0 Å². The van der Waals surface area contributed by atoms with Gasteiger partial charge in [-0.2, -0.15) is 0 Å². The zero-order valence-corrected chi connectivity index (χ0v) is 15.2. The lowest BCUT2D eigenvalue weighted by atomic mass is 10.1. The average molecular weight is 360 g/mol. The van der Waals surface area contributed by atoms with E-state index in [0.29, 0.717) is 5.56 Å². The Bertz CT molecular complexity index is 599. The smallest absolute Gasteiger partial charge is 0.408 e. The number of carbonyl (C=O) groups excluding carboxylic acids is 2. The van der Waals surface area contributed by atoms with Crippen LogP contribution in [0.5, 0.6) is 0 Å². The van der Waals surface area contributed by atoms with Gasteiger partial charge in [-0.15, -0.1) is 0 Å². The maximum atomic E-state index is 13.2. The number of halogens is 2.